The van der Waals surface area contributed by atoms with E-state index in [-0.39, 0.29) is 5.75 Å². The van der Waals surface area contributed by atoms with Gasteiger partial charge in [-0.3, -0.25) is 0 Å². The van der Waals surface area contributed by atoms with Crippen molar-refractivity contribution in [1.82, 2.24) is 15.5 Å². The number of phenolic OH excluding ortho intramolecular Hbond substituents is 1. The Morgan fingerprint density at radius 1 is 1.32 bits per heavy atom. The van der Waals surface area contributed by atoms with Crippen LogP contribution in [0.25, 0.3) is 0 Å². The molecular formula is C14H19N3O2. The summed E-state index contributed by atoms with van der Waals surface area (Å²) in [5.74, 6) is 1.59. The first kappa shape index (κ1) is 13.5. The zero-order valence-electron chi connectivity index (χ0n) is 11.3. The lowest BCUT2D eigenvalue weighted by atomic mass is 10.1. The standard InChI is InChI=1S/C14H19N3O2/c1-3-15-10(2)8-14-16-13(17-19-14)9-11-4-6-12(18)7-5-11/h4-7,10,15,18H,3,8-9H2,1-2H3. The molecule has 1 aromatic heterocycles. The summed E-state index contributed by atoms with van der Waals surface area (Å²) in [4.78, 5) is 4.37. The maximum absolute atomic E-state index is 9.22. The Morgan fingerprint density at radius 3 is 2.74 bits per heavy atom. The fourth-order valence-corrected chi connectivity index (χ4v) is 1.92. The Labute approximate surface area is 112 Å². The van der Waals surface area contributed by atoms with Crippen LogP contribution < -0.4 is 5.32 Å². The fraction of sp³-hybridized carbons (Fsp3) is 0.429. The average molecular weight is 261 g/mol. The van der Waals surface area contributed by atoms with Gasteiger partial charge in [0, 0.05) is 18.9 Å². The summed E-state index contributed by atoms with van der Waals surface area (Å²) in [6, 6.07) is 7.35. The third kappa shape index (κ3) is 4.06. The Hall–Kier alpha value is -1.88. The number of likely N-dealkylation sites (N-methyl/N-ethyl adjacent to an activating group) is 1. The summed E-state index contributed by atoms with van der Waals surface area (Å²) in [5, 5.41) is 16.5. The van der Waals surface area contributed by atoms with Gasteiger partial charge in [-0.15, -0.1) is 0 Å². The molecule has 0 fully saturated rings. The van der Waals surface area contributed by atoms with Crippen LogP contribution in [0.3, 0.4) is 0 Å². The molecule has 0 radical (unpaired) electrons. The van der Waals surface area contributed by atoms with E-state index in [0.717, 1.165) is 18.5 Å². The van der Waals surface area contributed by atoms with Crippen molar-refractivity contribution in [2.24, 2.45) is 0 Å². The highest BCUT2D eigenvalue weighted by Gasteiger charge is 2.10. The van der Waals surface area contributed by atoms with Crippen LogP contribution in [0.2, 0.25) is 0 Å². The second-order valence-corrected chi connectivity index (χ2v) is 4.61. The van der Waals surface area contributed by atoms with E-state index in [9.17, 15) is 5.11 Å². The summed E-state index contributed by atoms with van der Waals surface area (Å²) < 4.78 is 5.23. The highest BCUT2D eigenvalue weighted by atomic mass is 16.5. The summed E-state index contributed by atoms with van der Waals surface area (Å²) >= 11 is 0. The van der Waals surface area contributed by atoms with E-state index in [1.54, 1.807) is 12.1 Å². The largest absolute Gasteiger partial charge is 0.508 e. The molecule has 2 N–H and O–H groups in total. The van der Waals surface area contributed by atoms with Gasteiger partial charge in [0.1, 0.15) is 5.75 Å². The topological polar surface area (TPSA) is 71.2 Å². The van der Waals surface area contributed by atoms with E-state index in [2.05, 4.69) is 29.3 Å². The van der Waals surface area contributed by atoms with E-state index in [1.807, 2.05) is 12.1 Å². The van der Waals surface area contributed by atoms with E-state index < -0.39 is 0 Å². The predicted molar refractivity (Wildman–Crippen MR) is 72.1 cm³/mol. The first-order chi connectivity index (χ1) is 9.17. The molecule has 2 aromatic rings. The first-order valence-electron chi connectivity index (χ1n) is 6.50. The third-order valence-corrected chi connectivity index (χ3v) is 2.84. The summed E-state index contributed by atoms with van der Waals surface area (Å²) in [6.45, 7) is 5.09. The number of rotatable bonds is 6. The molecule has 0 bridgehead atoms. The molecule has 0 spiro atoms. The molecule has 0 aliphatic carbocycles. The highest BCUT2D eigenvalue weighted by Crippen LogP contribution is 2.12. The predicted octanol–water partition coefficient (Wildman–Crippen LogP) is 1.91. The maximum Gasteiger partial charge on any atom is 0.228 e. The first-order valence-corrected chi connectivity index (χ1v) is 6.50. The van der Waals surface area contributed by atoms with Crippen molar-refractivity contribution in [2.45, 2.75) is 32.7 Å². The van der Waals surface area contributed by atoms with E-state index in [1.165, 1.54) is 0 Å². The van der Waals surface area contributed by atoms with Crippen LogP contribution in [-0.2, 0) is 12.8 Å². The number of aromatic nitrogens is 2. The summed E-state index contributed by atoms with van der Waals surface area (Å²) in [6.07, 6.45) is 1.34. The van der Waals surface area contributed by atoms with Gasteiger partial charge >= 0.3 is 0 Å². The molecule has 1 heterocycles. The maximum atomic E-state index is 9.22. The van der Waals surface area contributed by atoms with Crippen molar-refractivity contribution in [3.63, 3.8) is 0 Å². The Bertz CT molecular complexity index is 508. The van der Waals surface area contributed by atoms with Crippen LogP contribution in [0.15, 0.2) is 28.8 Å². The molecule has 5 heteroatoms. The van der Waals surface area contributed by atoms with Crippen molar-refractivity contribution >= 4 is 0 Å². The zero-order valence-corrected chi connectivity index (χ0v) is 11.3. The second kappa shape index (κ2) is 6.33. The van der Waals surface area contributed by atoms with E-state index >= 15 is 0 Å². The van der Waals surface area contributed by atoms with Crippen molar-refractivity contribution in [1.29, 1.82) is 0 Å². The fourth-order valence-electron chi connectivity index (χ4n) is 1.92. The summed E-state index contributed by atoms with van der Waals surface area (Å²) in [5.41, 5.74) is 1.05. The second-order valence-electron chi connectivity index (χ2n) is 4.61. The number of nitrogens with one attached hydrogen (secondary N) is 1. The van der Waals surface area contributed by atoms with Crippen molar-refractivity contribution in [2.75, 3.05) is 6.54 Å². The molecule has 19 heavy (non-hydrogen) atoms. The van der Waals surface area contributed by atoms with Crippen LogP contribution in [0.1, 0.15) is 31.1 Å². The minimum atomic E-state index is 0.261. The molecule has 102 valence electrons. The molecule has 0 aliphatic heterocycles. The lowest BCUT2D eigenvalue weighted by molar-refractivity contribution is 0.359. The normalized spacial score (nSPS) is 12.5. The van der Waals surface area contributed by atoms with Gasteiger partial charge < -0.3 is 14.9 Å². The lowest BCUT2D eigenvalue weighted by Gasteiger charge is -2.07. The average Bonchev–Trinajstić information content (AvgIpc) is 2.80. The van der Waals surface area contributed by atoms with Crippen molar-refractivity contribution in [3.8, 4) is 5.75 Å². The lowest BCUT2D eigenvalue weighted by Crippen LogP contribution is -2.27. The number of nitrogens with zero attached hydrogens (tertiary/aromatic N) is 2. The number of phenols is 1. The number of hydrogen-bond donors (Lipinski definition) is 2. The molecule has 2 rings (SSSR count). The van der Waals surface area contributed by atoms with Gasteiger partial charge in [0.05, 0.1) is 0 Å². The van der Waals surface area contributed by atoms with Gasteiger partial charge in [-0.05, 0) is 31.2 Å². The Kier molecular flexibility index (Phi) is 4.52. The molecule has 0 saturated carbocycles. The third-order valence-electron chi connectivity index (χ3n) is 2.84. The van der Waals surface area contributed by atoms with Crippen molar-refractivity contribution < 1.29 is 9.63 Å². The highest BCUT2D eigenvalue weighted by molar-refractivity contribution is 5.27. The van der Waals surface area contributed by atoms with Gasteiger partial charge in [-0.2, -0.15) is 4.98 Å². The molecule has 0 amide bonds. The zero-order chi connectivity index (χ0) is 13.7. The van der Waals surface area contributed by atoms with E-state index in [0.29, 0.717) is 24.2 Å². The molecule has 0 aliphatic rings. The molecule has 1 atom stereocenters. The molecule has 0 saturated heterocycles. The van der Waals surface area contributed by atoms with Crippen LogP contribution in [-0.4, -0.2) is 27.8 Å². The van der Waals surface area contributed by atoms with Crippen LogP contribution in [0.5, 0.6) is 5.75 Å². The Balaban J connectivity index is 1.95. The molecule has 5 nitrogen and oxygen atoms in total. The minimum absolute atomic E-state index is 0.261. The number of aromatic hydroxyl groups is 1. The monoisotopic (exact) mass is 261 g/mol. The number of benzene rings is 1. The number of hydrogen-bond acceptors (Lipinski definition) is 5. The molecule has 1 aromatic carbocycles. The van der Waals surface area contributed by atoms with Crippen LogP contribution in [0, 0.1) is 0 Å². The van der Waals surface area contributed by atoms with Gasteiger partial charge in [-0.25, -0.2) is 0 Å². The van der Waals surface area contributed by atoms with Gasteiger partial charge in [0.25, 0.3) is 0 Å². The van der Waals surface area contributed by atoms with Crippen molar-refractivity contribution in [3.05, 3.63) is 41.5 Å². The molecule has 1 unspecified atom stereocenters. The van der Waals surface area contributed by atoms with E-state index in [4.69, 9.17) is 4.52 Å². The Morgan fingerprint density at radius 2 is 2.05 bits per heavy atom. The summed E-state index contributed by atoms with van der Waals surface area (Å²) in [7, 11) is 0. The van der Waals surface area contributed by atoms with Crippen LogP contribution in [0.4, 0.5) is 0 Å². The van der Waals surface area contributed by atoms with Gasteiger partial charge in [0.2, 0.25) is 5.89 Å². The van der Waals surface area contributed by atoms with Crippen LogP contribution >= 0.6 is 0 Å². The SMILES string of the molecule is CCNC(C)Cc1nc(Cc2ccc(O)cc2)no1. The molecular weight excluding hydrogens is 242 g/mol. The van der Waals surface area contributed by atoms with Gasteiger partial charge in [0.15, 0.2) is 5.82 Å². The quantitative estimate of drug-likeness (QED) is 0.831. The van der Waals surface area contributed by atoms with Gasteiger partial charge in [-0.1, -0.05) is 24.2 Å². The smallest absolute Gasteiger partial charge is 0.228 e. The minimum Gasteiger partial charge on any atom is -0.508 e.